The molecule has 0 saturated carbocycles. The van der Waals surface area contributed by atoms with Crippen LogP contribution in [0.25, 0.3) is 44.2 Å². The Morgan fingerprint density at radius 2 is 1.03 bits per heavy atom. The van der Waals surface area contributed by atoms with Gasteiger partial charge in [0.2, 0.25) is 0 Å². The molecule has 0 aliphatic carbocycles. The monoisotopic (exact) mass is 447 g/mol. The molecule has 0 unspecified atom stereocenters. The van der Waals surface area contributed by atoms with Gasteiger partial charge in [-0.05, 0) is 62.9 Å². The summed E-state index contributed by atoms with van der Waals surface area (Å²) in [4.78, 5) is 0. The predicted octanol–water partition coefficient (Wildman–Crippen LogP) is 9.58. The molecule has 0 bridgehead atoms. The highest BCUT2D eigenvalue weighted by Crippen LogP contribution is 2.37. The minimum Gasteiger partial charge on any atom is -0.355 e. The Morgan fingerprint density at radius 1 is 0.371 bits per heavy atom. The number of fused-ring (bicyclic) bond motifs is 1. The van der Waals surface area contributed by atoms with E-state index in [1.165, 1.54) is 44.2 Å². The summed E-state index contributed by atoms with van der Waals surface area (Å²) >= 11 is 0. The van der Waals surface area contributed by atoms with Crippen LogP contribution in [-0.4, -0.2) is 0 Å². The normalized spacial score (nSPS) is 10.9. The van der Waals surface area contributed by atoms with Gasteiger partial charge in [-0.15, -0.1) is 0 Å². The number of rotatable bonds is 5. The summed E-state index contributed by atoms with van der Waals surface area (Å²) in [5, 5.41) is 6.22. The Labute approximate surface area is 206 Å². The number of benzene rings is 6. The molecule has 0 spiro atoms. The van der Waals surface area contributed by atoms with Crippen molar-refractivity contribution >= 4 is 22.1 Å². The number of hydrogen-bond acceptors (Lipinski definition) is 1. The lowest BCUT2D eigenvalue weighted by Crippen LogP contribution is -1.95. The lowest BCUT2D eigenvalue weighted by atomic mass is 9.94. The maximum Gasteiger partial charge on any atom is 0.0464 e. The fraction of sp³-hybridized carbons (Fsp3) is 0. The highest BCUT2D eigenvalue weighted by molar-refractivity contribution is 5.98. The van der Waals surface area contributed by atoms with Gasteiger partial charge in [-0.1, -0.05) is 121 Å². The zero-order chi connectivity index (χ0) is 23.5. The summed E-state index contributed by atoms with van der Waals surface area (Å²) in [6.07, 6.45) is 0. The quantitative estimate of drug-likeness (QED) is 0.277. The zero-order valence-corrected chi connectivity index (χ0v) is 19.4. The second-order valence-electron chi connectivity index (χ2n) is 8.72. The van der Waals surface area contributed by atoms with Gasteiger partial charge < -0.3 is 5.32 Å². The number of nitrogens with one attached hydrogen (secondary N) is 1. The second-order valence-corrected chi connectivity index (χ2v) is 8.72. The molecule has 0 amide bonds. The lowest BCUT2D eigenvalue weighted by Gasteiger charge is -2.16. The van der Waals surface area contributed by atoms with Gasteiger partial charge in [0, 0.05) is 16.9 Å². The molecule has 166 valence electrons. The first-order chi connectivity index (χ1) is 17.3. The van der Waals surface area contributed by atoms with Gasteiger partial charge in [-0.25, -0.2) is 0 Å². The highest BCUT2D eigenvalue weighted by atomic mass is 14.9. The van der Waals surface area contributed by atoms with Gasteiger partial charge in [0.25, 0.3) is 0 Å². The first-order valence-corrected chi connectivity index (χ1v) is 12.0. The van der Waals surface area contributed by atoms with Crippen LogP contribution in [0.4, 0.5) is 11.4 Å². The fourth-order valence-corrected chi connectivity index (χ4v) is 4.72. The molecule has 6 aromatic rings. The Bertz CT molecular complexity index is 1600. The van der Waals surface area contributed by atoms with Crippen LogP contribution >= 0.6 is 0 Å². The first kappa shape index (κ1) is 20.9. The molecule has 1 N–H and O–H groups in total. The third-order valence-corrected chi connectivity index (χ3v) is 6.45. The summed E-state index contributed by atoms with van der Waals surface area (Å²) in [6.45, 7) is 0. The molecule has 0 aliphatic heterocycles. The molecule has 6 aromatic carbocycles. The van der Waals surface area contributed by atoms with Crippen molar-refractivity contribution in [1.82, 2.24) is 0 Å². The van der Waals surface area contributed by atoms with E-state index in [-0.39, 0.29) is 0 Å². The molecule has 0 aliphatic rings. The van der Waals surface area contributed by atoms with Gasteiger partial charge in [0.05, 0.1) is 0 Å². The van der Waals surface area contributed by atoms with Gasteiger partial charge in [0.1, 0.15) is 0 Å². The molecule has 1 nitrogen and oxygen atoms in total. The lowest BCUT2D eigenvalue weighted by molar-refractivity contribution is 1.52. The Kier molecular flexibility index (Phi) is 5.58. The van der Waals surface area contributed by atoms with Crippen molar-refractivity contribution in [2.24, 2.45) is 0 Å². The van der Waals surface area contributed by atoms with Gasteiger partial charge in [0.15, 0.2) is 0 Å². The molecule has 0 saturated heterocycles. The molecule has 35 heavy (non-hydrogen) atoms. The minimum atomic E-state index is 1.07. The summed E-state index contributed by atoms with van der Waals surface area (Å²) in [7, 11) is 0. The van der Waals surface area contributed by atoms with Crippen molar-refractivity contribution in [1.29, 1.82) is 0 Å². The standard InChI is InChI=1S/C34H25N/c1-3-11-25(12-4-1)28-17-9-18-30(23-28)35-34-22-21-29(24-33(34)27-13-5-2-6-14-27)32-20-10-16-26-15-7-8-19-31(26)32/h1-24,35H. The van der Waals surface area contributed by atoms with Crippen molar-refractivity contribution < 1.29 is 0 Å². The zero-order valence-electron chi connectivity index (χ0n) is 19.4. The average Bonchev–Trinajstić information content (AvgIpc) is 2.94. The minimum absolute atomic E-state index is 1.07. The third-order valence-electron chi connectivity index (χ3n) is 6.45. The topological polar surface area (TPSA) is 12.0 Å². The first-order valence-electron chi connectivity index (χ1n) is 12.0. The van der Waals surface area contributed by atoms with E-state index in [0.717, 1.165) is 11.4 Å². The predicted molar refractivity (Wildman–Crippen MR) is 150 cm³/mol. The van der Waals surface area contributed by atoms with Crippen molar-refractivity contribution in [3.8, 4) is 33.4 Å². The van der Waals surface area contributed by atoms with E-state index in [2.05, 4.69) is 151 Å². The number of anilines is 2. The summed E-state index contributed by atoms with van der Waals surface area (Å²) in [6, 6.07) is 51.5. The highest BCUT2D eigenvalue weighted by Gasteiger charge is 2.11. The SMILES string of the molecule is c1ccc(-c2cccc(Nc3ccc(-c4cccc5ccccc45)cc3-c3ccccc3)c2)cc1. The van der Waals surface area contributed by atoms with Crippen LogP contribution in [0.1, 0.15) is 0 Å². The summed E-state index contributed by atoms with van der Waals surface area (Å²) in [5.74, 6) is 0. The molecule has 0 fully saturated rings. The average molecular weight is 448 g/mol. The molecule has 6 rings (SSSR count). The number of hydrogen-bond donors (Lipinski definition) is 1. The summed E-state index contributed by atoms with van der Waals surface area (Å²) in [5.41, 5.74) is 9.40. The largest absolute Gasteiger partial charge is 0.355 e. The molecule has 0 heterocycles. The van der Waals surface area contributed by atoms with Crippen LogP contribution in [0.3, 0.4) is 0 Å². The molecular weight excluding hydrogens is 422 g/mol. The Hall–Kier alpha value is -4.62. The van der Waals surface area contributed by atoms with E-state index in [0.29, 0.717) is 0 Å². The van der Waals surface area contributed by atoms with Crippen molar-refractivity contribution in [2.45, 2.75) is 0 Å². The summed E-state index contributed by atoms with van der Waals surface area (Å²) < 4.78 is 0. The van der Waals surface area contributed by atoms with E-state index in [1.54, 1.807) is 0 Å². The smallest absolute Gasteiger partial charge is 0.0464 e. The van der Waals surface area contributed by atoms with Gasteiger partial charge in [-0.2, -0.15) is 0 Å². The van der Waals surface area contributed by atoms with E-state index < -0.39 is 0 Å². The van der Waals surface area contributed by atoms with E-state index in [4.69, 9.17) is 0 Å². The maximum atomic E-state index is 3.70. The van der Waals surface area contributed by atoms with Crippen LogP contribution in [0.5, 0.6) is 0 Å². The molecule has 0 aromatic heterocycles. The third kappa shape index (κ3) is 4.32. The van der Waals surface area contributed by atoms with E-state index in [9.17, 15) is 0 Å². The van der Waals surface area contributed by atoms with Crippen LogP contribution in [-0.2, 0) is 0 Å². The van der Waals surface area contributed by atoms with Crippen LogP contribution in [0.2, 0.25) is 0 Å². The molecule has 0 radical (unpaired) electrons. The fourth-order valence-electron chi connectivity index (χ4n) is 4.72. The molecule has 1 heteroatoms. The van der Waals surface area contributed by atoms with Crippen LogP contribution in [0.15, 0.2) is 146 Å². The Morgan fingerprint density at radius 3 is 1.86 bits per heavy atom. The van der Waals surface area contributed by atoms with Crippen molar-refractivity contribution in [2.75, 3.05) is 5.32 Å². The maximum absolute atomic E-state index is 3.70. The van der Waals surface area contributed by atoms with Crippen molar-refractivity contribution in [3.05, 3.63) is 146 Å². The van der Waals surface area contributed by atoms with Crippen molar-refractivity contribution in [3.63, 3.8) is 0 Å². The molecular formula is C34H25N. The van der Waals surface area contributed by atoms with E-state index >= 15 is 0 Å². The van der Waals surface area contributed by atoms with Crippen LogP contribution < -0.4 is 5.32 Å². The second kappa shape index (κ2) is 9.32. The van der Waals surface area contributed by atoms with Gasteiger partial charge in [-0.3, -0.25) is 0 Å². The van der Waals surface area contributed by atoms with Gasteiger partial charge >= 0.3 is 0 Å². The molecule has 0 atom stereocenters. The van der Waals surface area contributed by atoms with Crippen LogP contribution in [0, 0.1) is 0 Å². The van der Waals surface area contributed by atoms with E-state index in [1.807, 2.05) is 0 Å². The Balaban J connectivity index is 1.44.